The number of carboxylic acids is 1. The third kappa shape index (κ3) is 1.43. The quantitative estimate of drug-likeness (QED) is 0.776. The molecule has 0 atom stereocenters. The number of H-pyrrole nitrogens is 1. The van der Waals surface area contributed by atoms with Gasteiger partial charge in [-0.05, 0) is 5.92 Å². The number of aliphatic carboxylic acids is 1. The van der Waals surface area contributed by atoms with E-state index >= 15 is 0 Å². The Morgan fingerprint density at radius 2 is 2.33 bits per heavy atom. The summed E-state index contributed by atoms with van der Waals surface area (Å²) in [5, 5.41) is 9.15. The van der Waals surface area contributed by atoms with Crippen LogP contribution in [0.3, 0.4) is 0 Å². The molecule has 1 saturated heterocycles. The Morgan fingerprint density at radius 3 is 2.67 bits per heavy atom. The zero-order valence-electron chi connectivity index (χ0n) is 8.78. The number of imidazole rings is 1. The van der Waals surface area contributed by atoms with Crippen molar-refractivity contribution in [3.05, 3.63) is 17.7 Å². The van der Waals surface area contributed by atoms with E-state index in [0.717, 1.165) is 5.69 Å². The number of aromatic nitrogens is 2. The summed E-state index contributed by atoms with van der Waals surface area (Å²) in [4.78, 5) is 18.3. The molecule has 1 aliphatic rings. The van der Waals surface area contributed by atoms with E-state index in [-0.39, 0.29) is 13.2 Å². The average molecular weight is 210 g/mol. The summed E-state index contributed by atoms with van der Waals surface area (Å²) in [6.45, 7) is 4.46. The predicted octanol–water partition coefficient (Wildman–Crippen LogP) is 0.886. The molecule has 0 radical (unpaired) electrons. The number of nitrogens with zero attached hydrogens (tertiary/aromatic N) is 1. The first-order chi connectivity index (χ1) is 7.06. The molecule has 15 heavy (non-hydrogen) atoms. The van der Waals surface area contributed by atoms with Crippen LogP contribution in [0, 0.1) is 0 Å². The van der Waals surface area contributed by atoms with Gasteiger partial charge in [0.05, 0.1) is 13.2 Å². The highest BCUT2D eigenvalue weighted by Crippen LogP contribution is 2.31. The standard InChI is InChI=1S/C10H14N2O3/c1-6(2)7-3-11-8(12-7)10(9(13)14)4-15-5-10/h3,6H,4-5H2,1-2H3,(H,11,12)(H,13,14). The van der Waals surface area contributed by atoms with E-state index in [0.29, 0.717) is 11.7 Å². The van der Waals surface area contributed by atoms with E-state index in [9.17, 15) is 4.79 Å². The largest absolute Gasteiger partial charge is 0.480 e. The van der Waals surface area contributed by atoms with Crippen molar-refractivity contribution in [2.45, 2.75) is 25.2 Å². The smallest absolute Gasteiger partial charge is 0.322 e. The lowest BCUT2D eigenvalue weighted by atomic mass is 9.85. The van der Waals surface area contributed by atoms with Crippen LogP contribution in [-0.4, -0.2) is 34.3 Å². The minimum absolute atomic E-state index is 0.202. The number of aromatic amines is 1. The molecule has 0 bridgehead atoms. The summed E-state index contributed by atoms with van der Waals surface area (Å²) >= 11 is 0. The van der Waals surface area contributed by atoms with Crippen molar-refractivity contribution in [2.24, 2.45) is 0 Å². The van der Waals surface area contributed by atoms with Crippen LogP contribution in [0.4, 0.5) is 0 Å². The Kier molecular flexibility index (Phi) is 2.26. The zero-order chi connectivity index (χ0) is 11.1. The fourth-order valence-electron chi connectivity index (χ4n) is 1.54. The molecule has 1 fully saturated rings. The van der Waals surface area contributed by atoms with Crippen LogP contribution in [0.15, 0.2) is 6.20 Å². The predicted molar refractivity (Wildman–Crippen MR) is 52.8 cm³/mol. The van der Waals surface area contributed by atoms with Crippen LogP contribution in [0.5, 0.6) is 0 Å². The second kappa shape index (κ2) is 3.34. The molecular weight excluding hydrogens is 196 g/mol. The maximum atomic E-state index is 11.1. The van der Waals surface area contributed by atoms with Gasteiger partial charge >= 0.3 is 5.97 Å². The summed E-state index contributed by atoms with van der Waals surface area (Å²) in [6.07, 6.45) is 1.70. The number of carbonyl (C=O) groups is 1. The Labute approximate surface area is 87.5 Å². The fraction of sp³-hybridized carbons (Fsp3) is 0.600. The number of hydrogen-bond acceptors (Lipinski definition) is 3. The Bertz CT molecular complexity index is 380. The summed E-state index contributed by atoms with van der Waals surface area (Å²) in [5.74, 6) is -0.0542. The molecule has 2 N–H and O–H groups in total. The zero-order valence-corrected chi connectivity index (χ0v) is 8.78. The second-order valence-corrected chi connectivity index (χ2v) is 4.22. The Balaban J connectivity index is 2.32. The van der Waals surface area contributed by atoms with Crippen molar-refractivity contribution in [1.29, 1.82) is 0 Å². The number of carboxylic acid groups (broad SMARTS) is 1. The number of nitrogens with one attached hydrogen (secondary N) is 1. The van der Waals surface area contributed by atoms with Crippen molar-refractivity contribution < 1.29 is 14.6 Å². The van der Waals surface area contributed by atoms with Crippen molar-refractivity contribution in [2.75, 3.05) is 13.2 Å². The first-order valence-electron chi connectivity index (χ1n) is 4.93. The van der Waals surface area contributed by atoms with Crippen molar-refractivity contribution in [1.82, 2.24) is 9.97 Å². The summed E-state index contributed by atoms with van der Waals surface area (Å²) in [6, 6.07) is 0. The maximum Gasteiger partial charge on any atom is 0.322 e. The van der Waals surface area contributed by atoms with Gasteiger partial charge in [0.2, 0.25) is 0 Å². The van der Waals surface area contributed by atoms with E-state index in [1.54, 1.807) is 6.20 Å². The Morgan fingerprint density at radius 1 is 1.67 bits per heavy atom. The van der Waals surface area contributed by atoms with Crippen LogP contribution >= 0.6 is 0 Å². The van der Waals surface area contributed by atoms with Gasteiger partial charge in [0.15, 0.2) is 5.41 Å². The first-order valence-corrected chi connectivity index (χ1v) is 4.93. The van der Waals surface area contributed by atoms with E-state index in [4.69, 9.17) is 9.84 Å². The fourth-order valence-corrected chi connectivity index (χ4v) is 1.54. The molecule has 5 nitrogen and oxygen atoms in total. The second-order valence-electron chi connectivity index (χ2n) is 4.22. The van der Waals surface area contributed by atoms with Gasteiger partial charge in [-0.1, -0.05) is 13.8 Å². The molecule has 2 rings (SSSR count). The lowest BCUT2D eigenvalue weighted by Crippen LogP contribution is -2.53. The van der Waals surface area contributed by atoms with E-state index in [1.807, 2.05) is 13.8 Å². The summed E-state index contributed by atoms with van der Waals surface area (Å²) < 4.78 is 4.98. The van der Waals surface area contributed by atoms with Gasteiger partial charge in [0.1, 0.15) is 5.82 Å². The van der Waals surface area contributed by atoms with Gasteiger partial charge in [-0.3, -0.25) is 4.79 Å². The maximum absolute atomic E-state index is 11.1. The minimum Gasteiger partial charge on any atom is -0.480 e. The summed E-state index contributed by atoms with van der Waals surface area (Å²) in [7, 11) is 0. The lowest BCUT2D eigenvalue weighted by molar-refractivity contribution is -0.163. The van der Waals surface area contributed by atoms with E-state index in [2.05, 4.69) is 9.97 Å². The molecule has 0 aliphatic carbocycles. The molecule has 1 aromatic rings. The lowest BCUT2D eigenvalue weighted by Gasteiger charge is -2.35. The van der Waals surface area contributed by atoms with Crippen molar-refractivity contribution >= 4 is 5.97 Å². The number of rotatable bonds is 3. The highest BCUT2D eigenvalue weighted by Gasteiger charge is 2.50. The highest BCUT2D eigenvalue weighted by atomic mass is 16.5. The van der Waals surface area contributed by atoms with Gasteiger partial charge in [0, 0.05) is 11.9 Å². The van der Waals surface area contributed by atoms with E-state index < -0.39 is 11.4 Å². The monoisotopic (exact) mass is 210 g/mol. The molecule has 0 saturated carbocycles. The van der Waals surface area contributed by atoms with Crippen LogP contribution < -0.4 is 0 Å². The van der Waals surface area contributed by atoms with Crippen molar-refractivity contribution in [3.63, 3.8) is 0 Å². The number of ether oxygens (including phenoxy) is 1. The highest BCUT2D eigenvalue weighted by molar-refractivity contribution is 5.81. The van der Waals surface area contributed by atoms with Gasteiger partial charge in [-0.25, -0.2) is 4.98 Å². The van der Waals surface area contributed by atoms with E-state index in [1.165, 1.54) is 0 Å². The Hall–Kier alpha value is -1.36. The van der Waals surface area contributed by atoms with Gasteiger partial charge in [-0.2, -0.15) is 0 Å². The van der Waals surface area contributed by atoms with Gasteiger partial charge in [-0.15, -0.1) is 0 Å². The first kappa shape index (κ1) is 10.2. The third-order valence-corrected chi connectivity index (χ3v) is 2.78. The van der Waals surface area contributed by atoms with Crippen LogP contribution in [0.25, 0.3) is 0 Å². The third-order valence-electron chi connectivity index (χ3n) is 2.78. The molecule has 0 unspecified atom stereocenters. The van der Waals surface area contributed by atoms with Gasteiger partial charge in [0.25, 0.3) is 0 Å². The molecule has 0 spiro atoms. The molecule has 0 aromatic carbocycles. The van der Waals surface area contributed by atoms with Crippen LogP contribution in [-0.2, 0) is 14.9 Å². The molecule has 0 amide bonds. The van der Waals surface area contributed by atoms with Crippen molar-refractivity contribution in [3.8, 4) is 0 Å². The molecule has 1 aromatic heterocycles. The topological polar surface area (TPSA) is 75.2 Å². The molecule has 82 valence electrons. The molecule has 1 aliphatic heterocycles. The number of hydrogen-bond donors (Lipinski definition) is 2. The average Bonchev–Trinajstić information content (AvgIpc) is 2.50. The SMILES string of the molecule is CC(C)c1cnc(C2(C(=O)O)COC2)[nH]1. The molecule has 2 heterocycles. The minimum atomic E-state index is -0.951. The normalized spacial score (nSPS) is 18.9. The summed E-state index contributed by atoms with van der Waals surface area (Å²) in [5.41, 5.74) is 0.00479. The molecular formula is C10H14N2O3. The molecule has 5 heteroatoms. The van der Waals surface area contributed by atoms with Crippen LogP contribution in [0.2, 0.25) is 0 Å². The van der Waals surface area contributed by atoms with Gasteiger partial charge < -0.3 is 14.8 Å². The van der Waals surface area contributed by atoms with Crippen LogP contribution in [0.1, 0.15) is 31.3 Å².